The largest absolute Gasteiger partial charge is 0.325 e. The van der Waals surface area contributed by atoms with Gasteiger partial charge in [0.2, 0.25) is 11.9 Å². The highest BCUT2D eigenvalue weighted by Crippen LogP contribution is 2.34. The van der Waals surface area contributed by atoms with Crippen LogP contribution in [0.3, 0.4) is 0 Å². The van der Waals surface area contributed by atoms with Crippen LogP contribution in [0.1, 0.15) is 38.0 Å². The molecule has 3 aromatic carbocycles. The lowest BCUT2D eigenvalue weighted by molar-refractivity contribution is -0.120. The smallest absolute Gasteiger partial charge is 0.243 e. The number of amides is 1. The molecule has 0 saturated carbocycles. The molecular formula is C29H27ClF2N6O. The number of aromatic nitrogens is 2. The SMILES string of the molecule is C.CC(C)(N)C(=O)Nc1ccc(Nc2ncc3c(n2)-c2ccc(Cl)cc2C(c2c(F)cccc2F)=NC3)cc1. The first-order chi connectivity index (χ1) is 18.1. The molecule has 2 heterocycles. The van der Waals surface area contributed by atoms with Gasteiger partial charge in [-0.2, -0.15) is 0 Å². The molecule has 10 heteroatoms. The maximum Gasteiger partial charge on any atom is 0.243 e. The molecule has 0 unspecified atom stereocenters. The molecule has 4 aromatic rings. The van der Waals surface area contributed by atoms with E-state index in [4.69, 9.17) is 22.3 Å². The Morgan fingerprint density at radius 1 is 1.00 bits per heavy atom. The summed E-state index contributed by atoms with van der Waals surface area (Å²) in [7, 11) is 0. The predicted molar refractivity (Wildman–Crippen MR) is 152 cm³/mol. The first kappa shape index (κ1) is 27.8. The van der Waals surface area contributed by atoms with Gasteiger partial charge in [0.05, 0.1) is 29.1 Å². The molecule has 0 atom stereocenters. The maximum atomic E-state index is 14.7. The van der Waals surface area contributed by atoms with Crippen LogP contribution in [0.2, 0.25) is 5.02 Å². The number of nitrogens with one attached hydrogen (secondary N) is 2. The van der Waals surface area contributed by atoms with Gasteiger partial charge in [0.25, 0.3) is 0 Å². The third kappa shape index (κ3) is 5.79. The van der Waals surface area contributed by atoms with Gasteiger partial charge in [0, 0.05) is 39.3 Å². The summed E-state index contributed by atoms with van der Waals surface area (Å²) in [6.07, 6.45) is 1.63. The molecule has 5 rings (SSSR count). The third-order valence-corrected chi connectivity index (χ3v) is 6.18. The standard InChI is InChI=1S/C28H23ClF2N6O.CH4/c1-28(2,32)26(38)35-17-7-9-18(10-8-17)36-27-34-14-15-13-33-25(23-21(30)4-3-5-22(23)31)20-12-16(29)6-11-19(20)24(15)37-27;/h3-12,14H,13,32H2,1-2H3,(H,35,38)(H,34,36,37);1H4. The summed E-state index contributed by atoms with van der Waals surface area (Å²) in [6, 6.07) is 15.8. The van der Waals surface area contributed by atoms with Crippen LogP contribution < -0.4 is 16.4 Å². The van der Waals surface area contributed by atoms with E-state index >= 15 is 0 Å². The molecule has 200 valence electrons. The molecule has 0 aliphatic carbocycles. The van der Waals surface area contributed by atoms with Gasteiger partial charge in [0.1, 0.15) is 11.6 Å². The van der Waals surface area contributed by atoms with Crippen molar-refractivity contribution in [2.45, 2.75) is 33.4 Å². The predicted octanol–water partition coefficient (Wildman–Crippen LogP) is 6.48. The first-order valence-corrected chi connectivity index (χ1v) is 12.1. The molecule has 1 aliphatic rings. The molecule has 4 N–H and O–H groups in total. The number of carbonyl (C=O) groups is 1. The minimum absolute atomic E-state index is 0. The number of benzene rings is 3. The minimum Gasteiger partial charge on any atom is -0.325 e. The summed E-state index contributed by atoms with van der Waals surface area (Å²) in [5, 5.41) is 6.30. The molecule has 1 aliphatic heterocycles. The Labute approximate surface area is 230 Å². The average molecular weight is 549 g/mol. The number of hydrogen-bond donors (Lipinski definition) is 3. The highest BCUT2D eigenvalue weighted by Gasteiger charge is 2.25. The van der Waals surface area contributed by atoms with Crippen molar-refractivity contribution in [1.82, 2.24) is 9.97 Å². The molecule has 39 heavy (non-hydrogen) atoms. The molecule has 0 fully saturated rings. The summed E-state index contributed by atoms with van der Waals surface area (Å²) in [4.78, 5) is 25.8. The number of nitrogens with two attached hydrogens (primary N) is 1. The lowest BCUT2D eigenvalue weighted by Gasteiger charge is -2.18. The van der Waals surface area contributed by atoms with Crippen molar-refractivity contribution < 1.29 is 13.6 Å². The van der Waals surface area contributed by atoms with Gasteiger partial charge in [-0.05, 0) is 62.4 Å². The second-order valence-corrected chi connectivity index (χ2v) is 9.83. The summed E-state index contributed by atoms with van der Waals surface area (Å²) in [5.74, 6) is -1.43. The van der Waals surface area contributed by atoms with Gasteiger partial charge in [-0.1, -0.05) is 31.2 Å². The summed E-state index contributed by atoms with van der Waals surface area (Å²) < 4.78 is 29.5. The van der Waals surface area contributed by atoms with Crippen LogP contribution in [0, 0.1) is 11.6 Å². The van der Waals surface area contributed by atoms with E-state index in [1.165, 1.54) is 18.2 Å². The fraction of sp³-hybridized carbons (Fsp3) is 0.172. The molecule has 1 aromatic heterocycles. The zero-order valence-corrected chi connectivity index (χ0v) is 21.3. The zero-order valence-electron chi connectivity index (χ0n) is 20.5. The zero-order chi connectivity index (χ0) is 27.0. The lowest BCUT2D eigenvalue weighted by atomic mass is 9.95. The van der Waals surface area contributed by atoms with Crippen LogP contribution in [-0.4, -0.2) is 27.1 Å². The molecule has 0 saturated heterocycles. The van der Waals surface area contributed by atoms with Gasteiger partial charge < -0.3 is 16.4 Å². The number of nitrogens with zero attached hydrogens (tertiary/aromatic N) is 3. The summed E-state index contributed by atoms with van der Waals surface area (Å²) in [6.45, 7) is 3.37. The minimum atomic E-state index is -1.01. The number of aliphatic imine (C=N–C) groups is 1. The molecule has 1 amide bonds. The van der Waals surface area contributed by atoms with E-state index in [9.17, 15) is 13.6 Å². The molecule has 0 spiro atoms. The van der Waals surface area contributed by atoms with Gasteiger partial charge in [0.15, 0.2) is 0 Å². The van der Waals surface area contributed by atoms with E-state index in [0.717, 1.165) is 0 Å². The molecule has 0 bridgehead atoms. The number of rotatable bonds is 5. The third-order valence-electron chi connectivity index (χ3n) is 5.95. The quantitative estimate of drug-likeness (QED) is 0.265. The van der Waals surface area contributed by atoms with Gasteiger partial charge in [-0.15, -0.1) is 0 Å². The second kappa shape index (κ2) is 10.9. The van der Waals surface area contributed by atoms with E-state index < -0.39 is 17.2 Å². The van der Waals surface area contributed by atoms with Crippen molar-refractivity contribution in [3.63, 3.8) is 0 Å². The summed E-state index contributed by atoms with van der Waals surface area (Å²) in [5.41, 5.74) is 8.38. The Morgan fingerprint density at radius 3 is 2.33 bits per heavy atom. The Kier molecular flexibility index (Phi) is 7.76. The van der Waals surface area contributed by atoms with Crippen LogP contribution in [0.5, 0.6) is 0 Å². The van der Waals surface area contributed by atoms with Crippen LogP contribution in [0.4, 0.5) is 26.1 Å². The van der Waals surface area contributed by atoms with E-state index in [0.29, 0.717) is 44.7 Å². The first-order valence-electron chi connectivity index (χ1n) is 11.7. The highest BCUT2D eigenvalue weighted by molar-refractivity contribution is 6.31. The fourth-order valence-corrected chi connectivity index (χ4v) is 4.15. The highest BCUT2D eigenvalue weighted by atomic mass is 35.5. The number of halogens is 3. The van der Waals surface area contributed by atoms with Crippen LogP contribution in [-0.2, 0) is 11.3 Å². The van der Waals surface area contributed by atoms with Gasteiger partial charge in [-0.3, -0.25) is 9.79 Å². The topological polar surface area (TPSA) is 105 Å². The number of anilines is 3. The lowest BCUT2D eigenvalue weighted by Crippen LogP contribution is -2.45. The van der Waals surface area contributed by atoms with Crippen molar-refractivity contribution in [2.24, 2.45) is 10.7 Å². The monoisotopic (exact) mass is 548 g/mol. The van der Waals surface area contributed by atoms with Gasteiger partial charge >= 0.3 is 0 Å². The summed E-state index contributed by atoms with van der Waals surface area (Å²) >= 11 is 6.28. The van der Waals surface area contributed by atoms with E-state index in [2.05, 4.69) is 20.6 Å². The molecule has 0 radical (unpaired) electrons. The fourth-order valence-electron chi connectivity index (χ4n) is 3.98. The number of fused-ring (bicyclic) bond motifs is 3. The van der Waals surface area contributed by atoms with E-state index in [1.807, 2.05) is 0 Å². The van der Waals surface area contributed by atoms with Crippen molar-refractivity contribution in [3.05, 3.63) is 100 Å². The van der Waals surface area contributed by atoms with Crippen molar-refractivity contribution >= 4 is 40.5 Å². The number of carbonyl (C=O) groups excluding carboxylic acids is 1. The van der Waals surface area contributed by atoms with Crippen LogP contribution in [0.25, 0.3) is 11.3 Å². The Hall–Kier alpha value is -4.21. The van der Waals surface area contributed by atoms with E-state index in [1.54, 1.807) is 62.5 Å². The Morgan fingerprint density at radius 2 is 1.67 bits per heavy atom. The van der Waals surface area contributed by atoms with Crippen molar-refractivity contribution in [1.29, 1.82) is 0 Å². The Bertz CT molecular complexity index is 1560. The van der Waals surface area contributed by atoms with Crippen molar-refractivity contribution in [3.8, 4) is 11.3 Å². The average Bonchev–Trinajstić information content (AvgIpc) is 3.01. The van der Waals surface area contributed by atoms with Crippen molar-refractivity contribution in [2.75, 3.05) is 10.6 Å². The van der Waals surface area contributed by atoms with Gasteiger partial charge in [-0.25, -0.2) is 18.7 Å². The van der Waals surface area contributed by atoms with E-state index in [-0.39, 0.29) is 31.2 Å². The number of hydrogen-bond acceptors (Lipinski definition) is 6. The maximum absolute atomic E-state index is 14.7. The molecule has 7 nitrogen and oxygen atoms in total. The second-order valence-electron chi connectivity index (χ2n) is 9.40. The van der Waals surface area contributed by atoms with Crippen LogP contribution in [0.15, 0.2) is 71.9 Å². The van der Waals surface area contributed by atoms with Crippen LogP contribution >= 0.6 is 11.6 Å². The Balaban J connectivity index is 0.00000353. The normalized spacial score (nSPS) is 12.3. The molecular weight excluding hydrogens is 522 g/mol.